The van der Waals surface area contributed by atoms with Gasteiger partial charge in [-0.2, -0.15) is 0 Å². The van der Waals surface area contributed by atoms with Crippen LogP contribution in [-0.2, 0) is 14.8 Å². The summed E-state index contributed by atoms with van der Waals surface area (Å²) in [5.74, 6) is 0.102. The zero-order valence-corrected chi connectivity index (χ0v) is 15.8. The van der Waals surface area contributed by atoms with Crippen molar-refractivity contribution >= 4 is 15.9 Å². The Morgan fingerprint density at radius 3 is 2.50 bits per heavy atom. The first kappa shape index (κ1) is 19.1. The van der Waals surface area contributed by atoms with Gasteiger partial charge in [-0.15, -0.1) is 0 Å². The Bertz CT molecular complexity index is 833. The van der Waals surface area contributed by atoms with E-state index in [1.807, 2.05) is 0 Å². The molecule has 144 valence electrons. The van der Waals surface area contributed by atoms with Crippen LogP contribution in [0.5, 0.6) is 0 Å². The summed E-state index contributed by atoms with van der Waals surface area (Å²) in [5.41, 5.74) is -0.0220. The van der Waals surface area contributed by atoms with Crippen molar-refractivity contribution < 1.29 is 22.4 Å². The van der Waals surface area contributed by atoms with E-state index in [1.54, 1.807) is 17.9 Å². The third-order valence-corrected chi connectivity index (χ3v) is 5.55. The highest BCUT2D eigenvalue weighted by Gasteiger charge is 2.29. The van der Waals surface area contributed by atoms with E-state index in [4.69, 9.17) is 9.15 Å². The van der Waals surface area contributed by atoms with E-state index in [0.717, 1.165) is 19.1 Å². The normalized spacial score (nSPS) is 21.9. The zero-order chi connectivity index (χ0) is 18.9. The first-order valence-electron chi connectivity index (χ1n) is 8.77. The Balaban J connectivity index is 1.71. The van der Waals surface area contributed by atoms with Crippen molar-refractivity contribution in [2.75, 3.05) is 26.0 Å². The molecule has 1 N–H and O–H groups in total. The summed E-state index contributed by atoms with van der Waals surface area (Å²) >= 11 is 0. The van der Waals surface area contributed by atoms with Crippen LogP contribution < -0.4 is 10.3 Å². The van der Waals surface area contributed by atoms with Crippen molar-refractivity contribution in [3.8, 4) is 0 Å². The molecule has 0 spiro atoms. The second-order valence-electron chi connectivity index (χ2n) is 6.95. The predicted molar refractivity (Wildman–Crippen MR) is 94.5 cm³/mol. The summed E-state index contributed by atoms with van der Waals surface area (Å²) < 4.78 is 36.1. The minimum Gasteiger partial charge on any atom is -0.424 e. The Hall–Kier alpha value is -1.71. The maximum absolute atomic E-state index is 12.8. The van der Waals surface area contributed by atoms with E-state index in [1.165, 1.54) is 0 Å². The van der Waals surface area contributed by atoms with Crippen molar-refractivity contribution in [1.82, 2.24) is 9.62 Å². The van der Waals surface area contributed by atoms with Crippen molar-refractivity contribution in [2.24, 2.45) is 0 Å². The van der Waals surface area contributed by atoms with Gasteiger partial charge in [0.05, 0.1) is 6.26 Å². The third-order valence-electron chi connectivity index (χ3n) is 4.79. The van der Waals surface area contributed by atoms with Crippen LogP contribution in [0.15, 0.2) is 15.3 Å². The fourth-order valence-corrected chi connectivity index (χ4v) is 4.35. The molecule has 1 amide bonds. The number of piperidine rings is 1. The number of carbonyl (C=O) groups is 1. The van der Waals surface area contributed by atoms with E-state index in [0.29, 0.717) is 43.9 Å². The highest BCUT2D eigenvalue weighted by Crippen LogP contribution is 2.28. The number of hydrogen-bond acceptors (Lipinski definition) is 6. The van der Waals surface area contributed by atoms with E-state index in [9.17, 15) is 18.0 Å². The molecule has 1 aromatic heterocycles. The van der Waals surface area contributed by atoms with E-state index in [-0.39, 0.29) is 23.6 Å². The Morgan fingerprint density at radius 2 is 1.96 bits per heavy atom. The largest absolute Gasteiger partial charge is 0.424 e. The molecule has 8 nitrogen and oxygen atoms in total. The number of carbonyl (C=O) groups excluding carboxylic acids is 1. The quantitative estimate of drug-likeness (QED) is 0.829. The molecule has 0 aromatic carbocycles. The van der Waals surface area contributed by atoms with Crippen LogP contribution >= 0.6 is 0 Å². The van der Waals surface area contributed by atoms with Crippen molar-refractivity contribution in [3.05, 3.63) is 33.4 Å². The number of ether oxygens (including phenoxy) is 1. The first-order valence-corrected chi connectivity index (χ1v) is 10.7. The van der Waals surface area contributed by atoms with E-state index < -0.39 is 15.6 Å². The Kier molecular flexibility index (Phi) is 5.50. The van der Waals surface area contributed by atoms with Gasteiger partial charge in [-0.25, -0.2) is 17.9 Å². The molecule has 26 heavy (non-hydrogen) atoms. The van der Waals surface area contributed by atoms with Crippen LogP contribution in [0.2, 0.25) is 0 Å². The van der Waals surface area contributed by atoms with Gasteiger partial charge in [-0.3, -0.25) is 4.79 Å². The van der Waals surface area contributed by atoms with Gasteiger partial charge in [0.25, 0.3) is 5.91 Å². The molecule has 2 aliphatic rings. The van der Waals surface area contributed by atoms with Crippen molar-refractivity contribution in [1.29, 1.82) is 0 Å². The van der Waals surface area contributed by atoms with Crippen LogP contribution in [0.3, 0.4) is 0 Å². The summed E-state index contributed by atoms with van der Waals surface area (Å²) in [7, 11) is -3.27. The maximum atomic E-state index is 12.8. The molecule has 1 atom stereocenters. The molecule has 1 unspecified atom stereocenters. The first-order chi connectivity index (χ1) is 12.2. The number of aryl methyl sites for hydroxylation is 1. The van der Waals surface area contributed by atoms with Crippen molar-refractivity contribution in [3.63, 3.8) is 0 Å². The lowest BCUT2D eigenvalue weighted by Crippen LogP contribution is -2.47. The van der Waals surface area contributed by atoms with Gasteiger partial charge < -0.3 is 14.1 Å². The van der Waals surface area contributed by atoms with Crippen LogP contribution in [0.25, 0.3) is 0 Å². The van der Waals surface area contributed by atoms with Gasteiger partial charge >= 0.3 is 5.63 Å². The zero-order valence-electron chi connectivity index (χ0n) is 15.0. The summed E-state index contributed by atoms with van der Waals surface area (Å²) in [6, 6.07) is 1.52. The average molecular weight is 384 g/mol. The smallest absolute Gasteiger partial charge is 0.349 e. The number of hydrogen-bond donors (Lipinski definition) is 1. The highest BCUT2D eigenvalue weighted by atomic mass is 32.2. The molecule has 3 rings (SSSR count). The molecule has 0 saturated carbocycles. The Labute approximate surface area is 152 Å². The predicted octanol–water partition coefficient (Wildman–Crippen LogP) is 0.954. The second kappa shape index (κ2) is 7.50. The van der Waals surface area contributed by atoms with Crippen LogP contribution in [0, 0.1) is 6.92 Å². The molecule has 2 aliphatic heterocycles. The second-order valence-corrected chi connectivity index (χ2v) is 8.73. The molecule has 2 fully saturated rings. The van der Waals surface area contributed by atoms with Crippen molar-refractivity contribution in [2.45, 2.75) is 44.8 Å². The number of sulfonamides is 1. The summed E-state index contributed by atoms with van der Waals surface area (Å²) in [5, 5.41) is 0. The van der Waals surface area contributed by atoms with Crippen LogP contribution in [0.4, 0.5) is 0 Å². The fourth-order valence-electron chi connectivity index (χ4n) is 3.51. The van der Waals surface area contributed by atoms with E-state index >= 15 is 0 Å². The maximum Gasteiger partial charge on any atom is 0.349 e. The van der Waals surface area contributed by atoms with Gasteiger partial charge in [0.1, 0.15) is 17.4 Å². The topological polar surface area (TPSA) is 106 Å². The van der Waals surface area contributed by atoms with Gasteiger partial charge in [0, 0.05) is 25.7 Å². The van der Waals surface area contributed by atoms with Gasteiger partial charge in [-0.05, 0) is 44.2 Å². The lowest BCUT2D eigenvalue weighted by Gasteiger charge is -2.32. The molecule has 0 radical (unpaired) electrons. The van der Waals surface area contributed by atoms with Gasteiger partial charge in [-0.1, -0.05) is 0 Å². The summed E-state index contributed by atoms with van der Waals surface area (Å²) in [6.07, 6.45) is 3.65. The molecule has 3 heterocycles. The third kappa shape index (κ3) is 4.33. The molecule has 1 aromatic rings. The average Bonchev–Trinajstić information content (AvgIpc) is 3.07. The number of likely N-dealkylation sites (tertiary alicyclic amines) is 1. The van der Waals surface area contributed by atoms with Crippen LogP contribution in [-0.4, -0.2) is 51.2 Å². The minimum atomic E-state index is -3.27. The monoisotopic (exact) mass is 384 g/mol. The van der Waals surface area contributed by atoms with E-state index in [2.05, 4.69) is 4.72 Å². The SMILES string of the molecule is Cc1cc(C2CCCO2)oc(=O)c1C(=O)N1CCC(NS(C)(=O)=O)CC1. The molecule has 0 bridgehead atoms. The summed E-state index contributed by atoms with van der Waals surface area (Å²) in [4.78, 5) is 26.7. The highest BCUT2D eigenvalue weighted by molar-refractivity contribution is 7.88. The van der Waals surface area contributed by atoms with Gasteiger partial charge in [0.15, 0.2) is 0 Å². The molecular formula is C17H24N2O6S. The fraction of sp³-hybridized carbons (Fsp3) is 0.647. The number of rotatable bonds is 4. The van der Waals surface area contributed by atoms with Gasteiger partial charge in [0.2, 0.25) is 10.0 Å². The summed E-state index contributed by atoms with van der Waals surface area (Å²) in [6.45, 7) is 3.14. The lowest BCUT2D eigenvalue weighted by atomic mass is 10.0. The molecule has 2 saturated heterocycles. The Morgan fingerprint density at radius 1 is 1.27 bits per heavy atom. The molecular weight excluding hydrogens is 360 g/mol. The lowest BCUT2D eigenvalue weighted by molar-refractivity contribution is 0.0698. The number of nitrogens with zero attached hydrogens (tertiary/aromatic N) is 1. The standard InChI is InChI=1S/C17H24N2O6S/c1-11-10-14(13-4-3-9-24-13)25-17(21)15(11)16(20)19-7-5-12(6-8-19)18-26(2,22)23/h10,12-13,18H,3-9H2,1-2H3. The molecule has 9 heteroatoms. The molecule has 0 aliphatic carbocycles. The number of nitrogens with one attached hydrogen (secondary N) is 1. The number of amides is 1. The minimum absolute atomic E-state index is 0.0428. The van der Waals surface area contributed by atoms with Crippen LogP contribution in [0.1, 0.15) is 53.5 Å².